The fraction of sp³-hybridized carbons (Fsp3) is 0.818. The molecule has 0 nitrogen and oxygen atoms in total. The minimum Gasteiger partial charge on any atom is -0.0883 e. The Morgan fingerprint density at radius 1 is 1.00 bits per heavy atom. The van der Waals surface area contributed by atoms with Crippen molar-refractivity contribution >= 4 is 0 Å². The van der Waals surface area contributed by atoms with E-state index in [-0.39, 0.29) is 0 Å². The fourth-order valence-electron chi connectivity index (χ4n) is 1.68. The summed E-state index contributed by atoms with van der Waals surface area (Å²) in [6, 6.07) is 0. The van der Waals surface area contributed by atoms with E-state index in [9.17, 15) is 0 Å². The van der Waals surface area contributed by atoms with Crippen LogP contribution in [0.25, 0.3) is 0 Å². The molecule has 1 rings (SSSR count). The lowest BCUT2D eigenvalue weighted by atomic mass is 9.99. The van der Waals surface area contributed by atoms with Gasteiger partial charge in [0, 0.05) is 0 Å². The Hall–Kier alpha value is -0.260. The molecule has 0 saturated carbocycles. The van der Waals surface area contributed by atoms with Gasteiger partial charge >= 0.3 is 0 Å². The first-order valence-corrected chi connectivity index (χ1v) is 5.06. The van der Waals surface area contributed by atoms with Crippen LogP contribution in [0.4, 0.5) is 0 Å². The van der Waals surface area contributed by atoms with Crippen molar-refractivity contribution in [1.29, 1.82) is 0 Å². The first-order valence-electron chi connectivity index (χ1n) is 5.06. The first kappa shape index (κ1) is 8.83. The van der Waals surface area contributed by atoms with Crippen molar-refractivity contribution in [3.63, 3.8) is 0 Å². The molecule has 0 heteroatoms. The van der Waals surface area contributed by atoms with Crippen molar-refractivity contribution in [2.75, 3.05) is 0 Å². The molecule has 0 spiro atoms. The van der Waals surface area contributed by atoms with Crippen LogP contribution in [0, 0.1) is 5.92 Å². The van der Waals surface area contributed by atoms with Crippen LogP contribution >= 0.6 is 0 Å². The summed E-state index contributed by atoms with van der Waals surface area (Å²) in [5.41, 5.74) is 0. The summed E-state index contributed by atoms with van der Waals surface area (Å²) in [5, 5.41) is 0. The zero-order valence-corrected chi connectivity index (χ0v) is 7.68. The molecule has 0 aliphatic heterocycles. The molecule has 0 N–H and O–H groups in total. The van der Waals surface area contributed by atoms with E-state index in [1.54, 1.807) is 0 Å². The molecule has 0 amide bonds. The van der Waals surface area contributed by atoms with E-state index < -0.39 is 0 Å². The van der Waals surface area contributed by atoms with Gasteiger partial charge in [0.2, 0.25) is 0 Å². The molecule has 1 unspecified atom stereocenters. The van der Waals surface area contributed by atoms with Gasteiger partial charge in [-0.15, -0.1) is 0 Å². The van der Waals surface area contributed by atoms with Crippen molar-refractivity contribution < 1.29 is 0 Å². The maximum absolute atomic E-state index is 2.39. The van der Waals surface area contributed by atoms with Gasteiger partial charge < -0.3 is 0 Å². The molecule has 0 aromatic carbocycles. The molecule has 0 fully saturated rings. The SMILES string of the molecule is CC1/C=C/CCCCCCC1. The van der Waals surface area contributed by atoms with Crippen LogP contribution in [-0.2, 0) is 0 Å². The van der Waals surface area contributed by atoms with Crippen LogP contribution in [0.5, 0.6) is 0 Å². The second kappa shape index (κ2) is 5.40. The Labute approximate surface area is 70.7 Å². The Kier molecular flexibility index (Phi) is 4.33. The molecule has 1 aliphatic carbocycles. The van der Waals surface area contributed by atoms with Crippen molar-refractivity contribution in [2.45, 2.75) is 51.9 Å². The molecular formula is C11H20. The van der Waals surface area contributed by atoms with Crippen molar-refractivity contribution in [2.24, 2.45) is 5.92 Å². The lowest BCUT2D eigenvalue weighted by Crippen LogP contribution is -1.91. The summed E-state index contributed by atoms with van der Waals surface area (Å²) in [6.45, 7) is 2.33. The molecule has 0 bridgehead atoms. The van der Waals surface area contributed by atoms with Crippen molar-refractivity contribution in [3.8, 4) is 0 Å². The van der Waals surface area contributed by atoms with E-state index in [1.165, 1.54) is 44.9 Å². The molecule has 0 aromatic heterocycles. The predicted octanol–water partition coefficient (Wildman–Crippen LogP) is 3.92. The Morgan fingerprint density at radius 3 is 2.64 bits per heavy atom. The zero-order chi connectivity index (χ0) is 7.94. The monoisotopic (exact) mass is 152 g/mol. The number of hydrogen-bond donors (Lipinski definition) is 0. The predicted molar refractivity (Wildman–Crippen MR) is 50.6 cm³/mol. The van der Waals surface area contributed by atoms with Gasteiger partial charge in [-0.3, -0.25) is 0 Å². The lowest BCUT2D eigenvalue weighted by molar-refractivity contribution is 0.536. The van der Waals surface area contributed by atoms with Crippen LogP contribution in [0.2, 0.25) is 0 Å². The third-order valence-corrected chi connectivity index (χ3v) is 2.49. The van der Waals surface area contributed by atoms with Gasteiger partial charge in [0.25, 0.3) is 0 Å². The number of allylic oxidation sites excluding steroid dienone is 2. The first-order chi connectivity index (χ1) is 5.39. The van der Waals surface area contributed by atoms with E-state index in [0.717, 1.165) is 5.92 Å². The summed E-state index contributed by atoms with van der Waals surface area (Å²) in [7, 11) is 0. The summed E-state index contributed by atoms with van der Waals surface area (Å²) < 4.78 is 0. The smallest absolute Gasteiger partial charge is 0.0262 e. The highest BCUT2D eigenvalue weighted by Gasteiger charge is 1.98. The molecule has 1 atom stereocenters. The average molecular weight is 152 g/mol. The molecule has 64 valence electrons. The maximum atomic E-state index is 2.39. The van der Waals surface area contributed by atoms with E-state index in [2.05, 4.69) is 19.1 Å². The second-order valence-corrected chi connectivity index (χ2v) is 3.75. The number of hydrogen-bond acceptors (Lipinski definition) is 0. The average Bonchev–Trinajstić information content (AvgIpc) is 2.03. The third kappa shape index (κ3) is 4.23. The van der Waals surface area contributed by atoms with Gasteiger partial charge in [-0.05, 0) is 25.2 Å². The molecule has 0 heterocycles. The quantitative estimate of drug-likeness (QED) is 0.461. The van der Waals surface area contributed by atoms with Crippen molar-refractivity contribution in [1.82, 2.24) is 0 Å². The van der Waals surface area contributed by atoms with Gasteiger partial charge in [-0.1, -0.05) is 44.8 Å². The standard InChI is InChI=1S/C11H20/c1-11-9-7-5-3-2-4-6-8-10-11/h7,9,11H,2-6,8,10H2,1H3/b9-7+. The molecule has 0 saturated heterocycles. The van der Waals surface area contributed by atoms with Gasteiger partial charge in [0.15, 0.2) is 0 Å². The highest BCUT2D eigenvalue weighted by Crippen LogP contribution is 2.15. The Balaban J connectivity index is 2.26. The Bertz CT molecular complexity index is 113. The zero-order valence-electron chi connectivity index (χ0n) is 7.68. The van der Waals surface area contributed by atoms with Crippen LogP contribution < -0.4 is 0 Å². The highest BCUT2D eigenvalue weighted by atomic mass is 14.0. The van der Waals surface area contributed by atoms with Crippen LogP contribution in [0.1, 0.15) is 51.9 Å². The maximum Gasteiger partial charge on any atom is -0.0262 e. The van der Waals surface area contributed by atoms with E-state index >= 15 is 0 Å². The Morgan fingerprint density at radius 2 is 1.73 bits per heavy atom. The third-order valence-electron chi connectivity index (χ3n) is 2.49. The molecular weight excluding hydrogens is 132 g/mol. The minimum atomic E-state index is 0.827. The molecule has 1 aliphatic rings. The van der Waals surface area contributed by atoms with E-state index in [0.29, 0.717) is 0 Å². The normalized spacial score (nSPS) is 31.2. The van der Waals surface area contributed by atoms with E-state index in [4.69, 9.17) is 0 Å². The highest BCUT2D eigenvalue weighted by molar-refractivity contribution is 4.86. The summed E-state index contributed by atoms with van der Waals surface area (Å²) in [6.07, 6.45) is 14.7. The fourth-order valence-corrected chi connectivity index (χ4v) is 1.68. The minimum absolute atomic E-state index is 0.827. The lowest BCUT2D eigenvalue weighted by Gasteiger charge is -2.07. The van der Waals surface area contributed by atoms with Crippen molar-refractivity contribution in [3.05, 3.63) is 12.2 Å². The molecule has 0 radical (unpaired) electrons. The number of rotatable bonds is 0. The summed E-state index contributed by atoms with van der Waals surface area (Å²) in [4.78, 5) is 0. The van der Waals surface area contributed by atoms with Gasteiger partial charge in [-0.25, -0.2) is 0 Å². The second-order valence-electron chi connectivity index (χ2n) is 3.75. The van der Waals surface area contributed by atoms with Gasteiger partial charge in [0.05, 0.1) is 0 Å². The molecule has 11 heavy (non-hydrogen) atoms. The van der Waals surface area contributed by atoms with E-state index in [1.807, 2.05) is 0 Å². The van der Waals surface area contributed by atoms with Gasteiger partial charge in [-0.2, -0.15) is 0 Å². The van der Waals surface area contributed by atoms with Crippen LogP contribution in [0.3, 0.4) is 0 Å². The van der Waals surface area contributed by atoms with Crippen LogP contribution in [-0.4, -0.2) is 0 Å². The van der Waals surface area contributed by atoms with Crippen LogP contribution in [0.15, 0.2) is 12.2 Å². The summed E-state index contributed by atoms with van der Waals surface area (Å²) in [5.74, 6) is 0.827. The molecule has 0 aromatic rings. The van der Waals surface area contributed by atoms with Gasteiger partial charge in [0.1, 0.15) is 0 Å². The largest absolute Gasteiger partial charge is 0.0883 e. The topological polar surface area (TPSA) is 0 Å². The summed E-state index contributed by atoms with van der Waals surface area (Å²) >= 11 is 0.